The Labute approximate surface area is 106 Å². The first kappa shape index (κ1) is 16.2. The molecule has 0 aliphatic carbocycles. The number of nitrogens with one attached hydrogen (secondary N) is 2. The van der Waals surface area contributed by atoms with Crippen molar-refractivity contribution in [2.45, 2.75) is 39.2 Å². The maximum atomic E-state index is 11.3. The highest BCUT2D eigenvalue weighted by Gasteiger charge is 2.15. The molecular formula is C11H20N2O5. The quantitative estimate of drug-likeness (QED) is 0.603. The van der Waals surface area contributed by atoms with Gasteiger partial charge >= 0.3 is 18.0 Å². The number of hydrogen-bond acceptors (Lipinski definition) is 4. The second-order valence-corrected chi connectivity index (χ2v) is 4.66. The monoisotopic (exact) mass is 260 g/mol. The Morgan fingerprint density at radius 3 is 2.00 bits per heavy atom. The number of aliphatic carboxylic acids is 1. The molecule has 0 bridgehead atoms. The van der Waals surface area contributed by atoms with Gasteiger partial charge < -0.3 is 20.5 Å². The molecule has 0 aromatic heterocycles. The van der Waals surface area contributed by atoms with Crippen LogP contribution in [-0.2, 0) is 14.3 Å². The van der Waals surface area contributed by atoms with Crippen LogP contribution >= 0.6 is 0 Å². The summed E-state index contributed by atoms with van der Waals surface area (Å²) in [6, 6.07) is -0.500. The highest BCUT2D eigenvalue weighted by atomic mass is 16.6. The lowest BCUT2D eigenvalue weighted by Crippen LogP contribution is -2.38. The molecule has 0 unspecified atom stereocenters. The van der Waals surface area contributed by atoms with Crippen molar-refractivity contribution in [3.8, 4) is 0 Å². The number of rotatable bonds is 6. The van der Waals surface area contributed by atoms with Crippen LogP contribution in [0.2, 0.25) is 0 Å². The zero-order chi connectivity index (χ0) is 14.2. The maximum absolute atomic E-state index is 11.3. The SMILES string of the molecule is CC(C)(C)OC(=O)CCNC(=O)NCCC(=O)O. The zero-order valence-corrected chi connectivity index (χ0v) is 10.9. The Kier molecular flexibility index (Phi) is 6.77. The predicted molar refractivity (Wildman–Crippen MR) is 64.1 cm³/mol. The molecule has 0 saturated carbocycles. The van der Waals surface area contributed by atoms with Gasteiger partial charge in [-0.05, 0) is 20.8 Å². The largest absolute Gasteiger partial charge is 0.481 e. The van der Waals surface area contributed by atoms with Gasteiger partial charge in [-0.2, -0.15) is 0 Å². The third-order valence-electron chi connectivity index (χ3n) is 1.66. The molecule has 0 heterocycles. The molecule has 0 aromatic rings. The number of carbonyl (C=O) groups is 3. The van der Waals surface area contributed by atoms with Crippen molar-refractivity contribution in [1.82, 2.24) is 10.6 Å². The molecule has 3 N–H and O–H groups in total. The molecule has 0 spiro atoms. The number of hydrogen-bond donors (Lipinski definition) is 3. The van der Waals surface area contributed by atoms with Crippen LogP contribution in [0.1, 0.15) is 33.6 Å². The molecule has 7 nitrogen and oxygen atoms in total. The summed E-state index contributed by atoms with van der Waals surface area (Å²) in [7, 11) is 0. The van der Waals surface area contributed by atoms with Gasteiger partial charge in [-0.3, -0.25) is 9.59 Å². The Bertz CT molecular complexity index is 309. The van der Waals surface area contributed by atoms with Gasteiger partial charge in [-0.15, -0.1) is 0 Å². The second kappa shape index (κ2) is 7.52. The van der Waals surface area contributed by atoms with E-state index >= 15 is 0 Å². The van der Waals surface area contributed by atoms with Crippen LogP contribution in [0, 0.1) is 0 Å². The molecule has 0 aliphatic rings. The van der Waals surface area contributed by atoms with Gasteiger partial charge in [-0.1, -0.05) is 0 Å². The number of carboxylic acid groups (broad SMARTS) is 1. The minimum atomic E-state index is -0.982. The van der Waals surface area contributed by atoms with Crippen LogP contribution < -0.4 is 10.6 Å². The second-order valence-electron chi connectivity index (χ2n) is 4.66. The molecule has 0 atom stereocenters. The molecule has 0 saturated heterocycles. The van der Waals surface area contributed by atoms with Crippen molar-refractivity contribution >= 4 is 18.0 Å². The van der Waals surface area contributed by atoms with E-state index in [4.69, 9.17) is 9.84 Å². The highest BCUT2D eigenvalue weighted by Crippen LogP contribution is 2.07. The molecular weight excluding hydrogens is 240 g/mol. The van der Waals surface area contributed by atoms with Crippen LogP contribution in [0.25, 0.3) is 0 Å². The van der Waals surface area contributed by atoms with Gasteiger partial charge in [0, 0.05) is 13.1 Å². The van der Waals surface area contributed by atoms with E-state index in [-0.39, 0.29) is 25.9 Å². The summed E-state index contributed by atoms with van der Waals surface area (Å²) >= 11 is 0. The van der Waals surface area contributed by atoms with E-state index in [1.807, 2.05) is 0 Å². The average Bonchev–Trinajstić information content (AvgIpc) is 2.13. The first-order valence-corrected chi connectivity index (χ1v) is 5.66. The molecule has 7 heteroatoms. The smallest absolute Gasteiger partial charge is 0.314 e. The van der Waals surface area contributed by atoms with E-state index < -0.39 is 23.6 Å². The zero-order valence-electron chi connectivity index (χ0n) is 10.9. The van der Waals surface area contributed by atoms with E-state index in [0.717, 1.165) is 0 Å². The fourth-order valence-electron chi connectivity index (χ4n) is 1.02. The van der Waals surface area contributed by atoms with Crippen molar-refractivity contribution in [3.63, 3.8) is 0 Å². The minimum Gasteiger partial charge on any atom is -0.481 e. The Hall–Kier alpha value is -1.79. The molecule has 104 valence electrons. The number of urea groups is 1. The summed E-state index contributed by atoms with van der Waals surface area (Å²) in [6.45, 7) is 5.48. The molecule has 18 heavy (non-hydrogen) atoms. The molecule has 0 radical (unpaired) electrons. The Balaban J connectivity index is 3.62. The summed E-state index contributed by atoms with van der Waals surface area (Å²) in [4.78, 5) is 32.6. The minimum absolute atomic E-state index is 0.0492. The van der Waals surface area contributed by atoms with Gasteiger partial charge in [0.2, 0.25) is 0 Å². The van der Waals surface area contributed by atoms with Gasteiger partial charge in [0.05, 0.1) is 12.8 Å². The number of carbonyl (C=O) groups excluding carboxylic acids is 2. The Morgan fingerprint density at radius 2 is 1.56 bits per heavy atom. The summed E-state index contributed by atoms with van der Waals surface area (Å²) in [5.74, 6) is -1.38. The predicted octanol–water partition coefficient (Wildman–Crippen LogP) is 0.492. The van der Waals surface area contributed by atoms with Gasteiger partial charge in [0.15, 0.2) is 0 Å². The van der Waals surface area contributed by atoms with E-state index in [0.29, 0.717) is 0 Å². The van der Waals surface area contributed by atoms with E-state index in [1.165, 1.54) is 0 Å². The lowest BCUT2D eigenvalue weighted by atomic mass is 10.2. The first-order chi connectivity index (χ1) is 8.20. The fourth-order valence-corrected chi connectivity index (χ4v) is 1.02. The lowest BCUT2D eigenvalue weighted by Gasteiger charge is -2.19. The lowest BCUT2D eigenvalue weighted by molar-refractivity contribution is -0.154. The molecule has 2 amide bonds. The molecule has 0 fully saturated rings. The summed E-state index contributed by atoms with van der Waals surface area (Å²) in [5.41, 5.74) is -0.541. The van der Waals surface area contributed by atoms with Crippen LogP contribution in [0.3, 0.4) is 0 Å². The Morgan fingerprint density at radius 1 is 1.06 bits per heavy atom. The number of ether oxygens (including phenoxy) is 1. The van der Waals surface area contributed by atoms with Crippen LogP contribution in [0.5, 0.6) is 0 Å². The van der Waals surface area contributed by atoms with E-state index in [9.17, 15) is 14.4 Å². The summed E-state index contributed by atoms with van der Waals surface area (Å²) in [6.07, 6.45) is -0.0664. The van der Waals surface area contributed by atoms with Crippen molar-refractivity contribution < 1.29 is 24.2 Å². The third kappa shape index (κ3) is 10.7. The standard InChI is InChI=1S/C11H20N2O5/c1-11(2,3)18-9(16)5-7-13-10(17)12-6-4-8(14)15/h4-7H2,1-3H3,(H,14,15)(H2,12,13,17). The highest BCUT2D eigenvalue weighted by molar-refractivity contribution is 5.76. The average molecular weight is 260 g/mol. The van der Waals surface area contributed by atoms with Crippen LogP contribution in [0.15, 0.2) is 0 Å². The first-order valence-electron chi connectivity index (χ1n) is 5.66. The normalized spacial score (nSPS) is 10.6. The maximum Gasteiger partial charge on any atom is 0.314 e. The number of carboxylic acids is 1. The van der Waals surface area contributed by atoms with E-state index in [2.05, 4.69) is 10.6 Å². The molecule has 0 rings (SSSR count). The van der Waals surface area contributed by atoms with Gasteiger partial charge in [0.1, 0.15) is 5.60 Å². The van der Waals surface area contributed by atoms with Crippen molar-refractivity contribution in [1.29, 1.82) is 0 Å². The molecule has 0 aromatic carbocycles. The van der Waals surface area contributed by atoms with Gasteiger partial charge in [-0.25, -0.2) is 4.79 Å². The summed E-state index contributed by atoms with van der Waals surface area (Å²) in [5, 5.41) is 13.1. The van der Waals surface area contributed by atoms with E-state index in [1.54, 1.807) is 20.8 Å². The summed E-state index contributed by atoms with van der Waals surface area (Å²) < 4.78 is 5.04. The fraction of sp³-hybridized carbons (Fsp3) is 0.727. The van der Waals surface area contributed by atoms with Crippen molar-refractivity contribution in [3.05, 3.63) is 0 Å². The van der Waals surface area contributed by atoms with Crippen molar-refractivity contribution in [2.75, 3.05) is 13.1 Å². The van der Waals surface area contributed by atoms with Crippen LogP contribution in [0.4, 0.5) is 4.79 Å². The number of amides is 2. The topological polar surface area (TPSA) is 105 Å². The molecule has 0 aliphatic heterocycles. The van der Waals surface area contributed by atoms with Crippen LogP contribution in [-0.4, -0.2) is 41.8 Å². The number of esters is 1. The van der Waals surface area contributed by atoms with Crippen molar-refractivity contribution in [2.24, 2.45) is 0 Å². The van der Waals surface area contributed by atoms with Gasteiger partial charge in [0.25, 0.3) is 0 Å². The third-order valence-corrected chi connectivity index (χ3v) is 1.66.